The summed E-state index contributed by atoms with van der Waals surface area (Å²) in [7, 11) is 0. The van der Waals surface area contributed by atoms with Gasteiger partial charge < -0.3 is 10.1 Å². The van der Waals surface area contributed by atoms with E-state index in [9.17, 15) is 13.2 Å². The normalized spacial score (nSPS) is 12.9. The molecule has 1 unspecified atom stereocenters. The number of halogens is 4. The van der Waals surface area contributed by atoms with E-state index < -0.39 is 13.0 Å². The third kappa shape index (κ3) is 7.83. The fourth-order valence-electron chi connectivity index (χ4n) is 1.98. The number of nitrogens with one attached hydrogen (secondary N) is 1. The topological polar surface area (TPSA) is 21.3 Å². The second-order valence-electron chi connectivity index (χ2n) is 4.85. The molecule has 1 aromatic carbocycles. The van der Waals surface area contributed by atoms with Gasteiger partial charge >= 0.3 is 0 Å². The van der Waals surface area contributed by atoms with Gasteiger partial charge in [-0.2, -0.15) is 0 Å². The van der Waals surface area contributed by atoms with Crippen LogP contribution in [0.25, 0.3) is 0 Å². The molecule has 2 nitrogen and oxygen atoms in total. The molecule has 0 saturated heterocycles. The van der Waals surface area contributed by atoms with Gasteiger partial charge in [0.05, 0.1) is 0 Å². The first-order chi connectivity index (χ1) is 10.0. The smallest absolute Gasteiger partial charge is 0.261 e. The monoisotopic (exact) mass is 367 g/mol. The van der Waals surface area contributed by atoms with Gasteiger partial charge in [0.1, 0.15) is 12.4 Å². The summed E-state index contributed by atoms with van der Waals surface area (Å²) in [6.07, 6.45) is -0.118. The minimum atomic E-state index is -2.43. The zero-order chi connectivity index (χ0) is 15.7. The van der Waals surface area contributed by atoms with E-state index in [4.69, 9.17) is 4.74 Å². The predicted octanol–water partition coefficient (Wildman–Crippen LogP) is 4.17. The van der Waals surface area contributed by atoms with Gasteiger partial charge in [-0.1, -0.05) is 28.9 Å². The van der Waals surface area contributed by atoms with Crippen LogP contribution in [0, 0.1) is 5.82 Å². The van der Waals surface area contributed by atoms with Crippen LogP contribution in [0.5, 0.6) is 0 Å². The molecule has 0 radical (unpaired) electrons. The van der Waals surface area contributed by atoms with Crippen molar-refractivity contribution in [1.82, 2.24) is 5.32 Å². The van der Waals surface area contributed by atoms with Crippen molar-refractivity contribution in [3.8, 4) is 0 Å². The summed E-state index contributed by atoms with van der Waals surface area (Å²) < 4.78 is 42.8. The number of benzene rings is 1. The molecule has 0 aliphatic carbocycles. The van der Waals surface area contributed by atoms with Crippen LogP contribution in [0.4, 0.5) is 13.2 Å². The van der Waals surface area contributed by atoms with Gasteiger partial charge in [-0.3, -0.25) is 0 Å². The average Bonchev–Trinajstić information content (AvgIpc) is 2.43. The zero-order valence-electron chi connectivity index (χ0n) is 12.0. The van der Waals surface area contributed by atoms with E-state index in [1.807, 2.05) is 0 Å². The number of hydrogen-bond acceptors (Lipinski definition) is 2. The van der Waals surface area contributed by atoms with Gasteiger partial charge in [0.15, 0.2) is 0 Å². The summed E-state index contributed by atoms with van der Waals surface area (Å²) in [5.74, 6) is -0.288. The van der Waals surface area contributed by atoms with Crippen molar-refractivity contribution in [3.63, 3.8) is 0 Å². The summed E-state index contributed by atoms with van der Waals surface area (Å²) in [6.45, 7) is 2.66. The molecule has 0 heterocycles. The minimum absolute atomic E-state index is 0.115. The van der Waals surface area contributed by atoms with Crippen LogP contribution in [0.2, 0.25) is 0 Å². The standard InChI is InChI=1S/C15H21BrF3NO/c1-2-6-20-13(5-7-21-10-15(18)19)8-11-3-4-12(17)9-14(11)16/h3-4,9,13,15,20H,2,5-8,10H2,1H3. The van der Waals surface area contributed by atoms with Gasteiger partial charge in [0.2, 0.25) is 0 Å². The van der Waals surface area contributed by atoms with E-state index in [0.717, 1.165) is 23.0 Å². The molecule has 0 aliphatic rings. The summed E-state index contributed by atoms with van der Waals surface area (Å²) in [5.41, 5.74) is 0.985. The highest BCUT2D eigenvalue weighted by Crippen LogP contribution is 2.20. The van der Waals surface area contributed by atoms with Crippen molar-refractivity contribution in [2.24, 2.45) is 0 Å². The second kappa shape index (κ2) is 10.2. The van der Waals surface area contributed by atoms with E-state index in [0.29, 0.717) is 12.8 Å². The first kappa shape index (κ1) is 18.5. The van der Waals surface area contributed by atoms with Crippen molar-refractivity contribution < 1.29 is 17.9 Å². The van der Waals surface area contributed by atoms with Crippen LogP contribution in [-0.2, 0) is 11.2 Å². The Labute approximate surface area is 132 Å². The molecule has 0 bridgehead atoms. The average molecular weight is 368 g/mol. The Kier molecular flexibility index (Phi) is 8.96. The molecule has 0 aliphatic heterocycles. The molecule has 1 atom stereocenters. The maximum absolute atomic E-state index is 13.1. The Morgan fingerprint density at radius 3 is 2.71 bits per heavy atom. The van der Waals surface area contributed by atoms with E-state index in [1.54, 1.807) is 6.07 Å². The molecule has 0 aromatic heterocycles. The van der Waals surface area contributed by atoms with Crippen LogP contribution in [0.3, 0.4) is 0 Å². The van der Waals surface area contributed by atoms with Crippen molar-refractivity contribution >= 4 is 15.9 Å². The Balaban J connectivity index is 2.51. The molecule has 0 fully saturated rings. The first-order valence-electron chi connectivity index (χ1n) is 7.06. The quantitative estimate of drug-likeness (QED) is 0.626. The SMILES string of the molecule is CCCNC(CCOCC(F)F)Cc1ccc(F)cc1Br. The summed E-state index contributed by atoms with van der Waals surface area (Å²) in [5, 5.41) is 3.37. The molecule has 120 valence electrons. The molecule has 0 amide bonds. The Hall–Kier alpha value is -0.590. The lowest BCUT2D eigenvalue weighted by Crippen LogP contribution is -2.33. The van der Waals surface area contributed by atoms with E-state index in [1.165, 1.54) is 12.1 Å². The fourth-order valence-corrected chi connectivity index (χ4v) is 2.49. The number of ether oxygens (including phenoxy) is 1. The Morgan fingerprint density at radius 1 is 1.33 bits per heavy atom. The molecule has 1 rings (SSSR count). The lowest BCUT2D eigenvalue weighted by molar-refractivity contribution is 0.0144. The molecule has 1 aromatic rings. The molecule has 1 N–H and O–H groups in total. The molecular weight excluding hydrogens is 347 g/mol. The molecule has 0 spiro atoms. The third-order valence-electron chi connectivity index (χ3n) is 3.02. The summed E-state index contributed by atoms with van der Waals surface area (Å²) >= 11 is 3.35. The Bertz CT molecular complexity index is 418. The lowest BCUT2D eigenvalue weighted by atomic mass is 10.0. The highest BCUT2D eigenvalue weighted by atomic mass is 79.9. The highest BCUT2D eigenvalue weighted by molar-refractivity contribution is 9.10. The van der Waals surface area contributed by atoms with Crippen LogP contribution >= 0.6 is 15.9 Å². The van der Waals surface area contributed by atoms with Crippen molar-refractivity contribution in [3.05, 3.63) is 34.1 Å². The van der Waals surface area contributed by atoms with Crippen LogP contribution in [0.1, 0.15) is 25.3 Å². The summed E-state index contributed by atoms with van der Waals surface area (Å²) in [4.78, 5) is 0. The maximum Gasteiger partial charge on any atom is 0.261 e. The number of rotatable bonds is 10. The van der Waals surface area contributed by atoms with Gasteiger partial charge in [-0.05, 0) is 43.5 Å². The van der Waals surface area contributed by atoms with Crippen LogP contribution < -0.4 is 5.32 Å². The fraction of sp³-hybridized carbons (Fsp3) is 0.600. The summed E-state index contributed by atoms with van der Waals surface area (Å²) in [6, 6.07) is 4.70. The van der Waals surface area contributed by atoms with E-state index in [-0.39, 0.29) is 18.5 Å². The predicted molar refractivity (Wildman–Crippen MR) is 81.3 cm³/mol. The molecule has 0 saturated carbocycles. The molecular formula is C15H21BrF3NO. The highest BCUT2D eigenvalue weighted by Gasteiger charge is 2.12. The van der Waals surface area contributed by atoms with Gasteiger partial charge in [0.25, 0.3) is 6.43 Å². The third-order valence-corrected chi connectivity index (χ3v) is 3.76. The van der Waals surface area contributed by atoms with Gasteiger partial charge in [0, 0.05) is 17.1 Å². The van der Waals surface area contributed by atoms with Crippen molar-refractivity contribution in [2.45, 2.75) is 38.7 Å². The lowest BCUT2D eigenvalue weighted by Gasteiger charge is -2.19. The second-order valence-corrected chi connectivity index (χ2v) is 5.70. The van der Waals surface area contributed by atoms with Crippen LogP contribution in [-0.4, -0.2) is 32.2 Å². The van der Waals surface area contributed by atoms with Crippen LogP contribution in [0.15, 0.2) is 22.7 Å². The van der Waals surface area contributed by atoms with Crippen molar-refractivity contribution in [2.75, 3.05) is 19.8 Å². The molecule has 21 heavy (non-hydrogen) atoms. The van der Waals surface area contributed by atoms with E-state index >= 15 is 0 Å². The van der Waals surface area contributed by atoms with Gasteiger partial charge in [-0.25, -0.2) is 13.2 Å². The Morgan fingerprint density at radius 2 is 2.10 bits per heavy atom. The largest absolute Gasteiger partial charge is 0.375 e. The van der Waals surface area contributed by atoms with Gasteiger partial charge in [-0.15, -0.1) is 0 Å². The van der Waals surface area contributed by atoms with Crippen molar-refractivity contribution in [1.29, 1.82) is 0 Å². The van der Waals surface area contributed by atoms with E-state index in [2.05, 4.69) is 28.2 Å². The first-order valence-corrected chi connectivity index (χ1v) is 7.85. The number of hydrogen-bond donors (Lipinski definition) is 1. The number of alkyl halides is 2. The zero-order valence-corrected chi connectivity index (χ0v) is 13.6. The minimum Gasteiger partial charge on any atom is -0.375 e. The maximum atomic E-state index is 13.1. The molecule has 6 heteroatoms.